The molecule has 2 rings (SSSR count). The SMILES string of the molecule is CCCCC[C@@H](c1cc(I)ccc1F)N1CCNCC1. The lowest BCUT2D eigenvalue weighted by Gasteiger charge is -2.35. The molecule has 2 nitrogen and oxygen atoms in total. The molecular weight excluding hydrogens is 366 g/mol. The maximum absolute atomic E-state index is 14.2. The number of hydrogen-bond acceptors (Lipinski definition) is 2. The molecule has 0 bridgehead atoms. The topological polar surface area (TPSA) is 15.3 Å². The molecule has 0 saturated carbocycles. The predicted octanol–water partition coefficient (Wildman–Crippen LogP) is 3.96. The first-order valence-corrected chi connectivity index (χ1v) is 8.70. The van der Waals surface area contributed by atoms with Gasteiger partial charge in [-0.2, -0.15) is 0 Å². The van der Waals surface area contributed by atoms with Crippen molar-refractivity contribution in [1.29, 1.82) is 0 Å². The summed E-state index contributed by atoms with van der Waals surface area (Å²) in [5.74, 6) is -0.0505. The molecule has 1 N–H and O–H groups in total. The highest BCUT2D eigenvalue weighted by molar-refractivity contribution is 14.1. The van der Waals surface area contributed by atoms with Crippen molar-refractivity contribution < 1.29 is 4.39 Å². The van der Waals surface area contributed by atoms with Crippen LogP contribution in [0.3, 0.4) is 0 Å². The van der Waals surface area contributed by atoms with Crippen molar-refractivity contribution in [3.05, 3.63) is 33.1 Å². The Hall–Kier alpha value is -0.200. The molecular formula is C16H24FIN2. The van der Waals surface area contributed by atoms with E-state index in [-0.39, 0.29) is 11.9 Å². The van der Waals surface area contributed by atoms with Gasteiger partial charge in [0.15, 0.2) is 0 Å². The van der Waals surface area contributed by atoms with Crippen molar-refractivity contribution in [1.82, 2.24) is 10.2 Å². The third-order valence-corrected chi connectivity index (χ3v) is 4.66. The lowest BCUT2D eigenvalue weighted by Crippen LogP contribution is -2.45. The Bertz CT molecular complexity index is 419. The van der Waals surface area contributed by atoms with E-state index in [9.17, 15) is 4.39 Å². The van der Waals surface area contributed by atoms with E-state index in [1.54, 1.807) is 6.07 Å². The highest BCUT2D eigenvalue weighted by Crippen LogP contribution is 2.30. The van der Waals surface area contributed by atoms with Gasteiger partial charge in [0.25, 0.3) is 0 Å². The van der Waals surface area contributed by atoms with Gasteiger partial charge in [-0.3, -0.25) is 4.90 Å². The maximum atomic E-state index is 14.2. The van der Waals surface area contributed by atoms with Gasteiger partial charge in [-0.1, -0.05) is 26.2 Å². The molecule has 1 saturated heterocycles. The lowest BCUT2D eigenvalue weighted by molar-refractivity contribution is 0.159. The summed E-state index contributed by atoms with van der Waals surface area (Å²) < 4.78 is 15.4. The van der Waals surface area contributed by atoms with Crippen LogP contribution in [0.25, 0.3) is 0 Å². The average molecular weight is 390 g/mol. The van der Waals surface area contributed by atoms with E-state index in [1.807, 2.05) is 12.1 Å². The number of nitrogens with zero attached hydrogens (tertiary/aromatic N) is 1. The van der Waals surface area contributed by atoms with Gasteiger partial charge in [-0.05, 0) is 47.2 Å². The van der Waals surface area contributed by atoms with Crippen LogP contribution in [0.15, 0.2) is 18.2 Å². The summed E-state index contributed by atoms with van der Waals surface area (Å²) in [6.45, 7) is 6.26. The Morgan fingerprint density at radius 2 is 2.05 bits per heavy atom. The van der Waals surface area contributed by atoms with Gasteiger partial charge in [0.1, 0.15) is 5.82 Å². The molecule has 1 aromatic carbocycles. The van der Waals surface area contributed by atoms with E-state index in [0.29, 0.717) is 0 Å². The molecule has 1 heterocycles. The minimum absolute atomic E-state index is 0.0505. The van der Waals surface area contributed by atoms with Crippen molar-refractivity contribution in [3.8, 4) is 0 Å². The van der Waals surface area contributed by atoms with Gasteiger partial charge >= 0.3 is 0 Å². The van der Waals surface area contributed by atoms with Crippen LogP contribution in [-0.4, -0.2) is 31.1 Å². The normalized spacial score (nSPS) is 18.1. The van der Waals surface area contributed by atoms with Crippen molar-refractivity contribution in [2.75, 3.05) is 26.2 Å². The van der Waals surface area contributed by atoms with Crippen LogP contribution in [0.2, 0.25) is 0 Å². The average Bonchev–Trinajstić information content (AvgIpc) is 2.48. The summed E-state index contributed by atoms with van der Waals surface area (Å²) in [5.41, 5.74) is 0.884. The van der Waals surface area contributed by atoms with Crippen molar-refractivity contribution >= 4 is 22.6 Å². The number of halogens is 2. The van der Waals surface area contributed by atoms with Crippen LogP contribution in [0, 0.1) is 9.39 Å². The largest absolute Gasteiger partial charge is 0.314 e. The lowest BCUT2D eigenvalue weighted by atomic mass is 9.97. The predicted molar refractivity (Wildman–Crippen MR) is 90.4 cm³/mol. The molecule has 0 radical (unpaired) electrons. The molecule has 20 heavy (non-hydrogen) atoms. The zero-order valence-corrected chi connectivity index (χ0v) is 14.3. The fourth-order valence-corrected chi connectivity index (χ4v) is 3.40. The molecule has 1 aliphatic rings. The van der Waals surface area contributed by atoms with E-state index < -0.39 is 0 Å². The van der Waals surface area contributed by atoms with Gasteiger partial charge in [-0.25, -0.2) is 4.39 Å². The summed E-state index contributed by atoms with van der Waals surface area (Å²) in [6, 6.07) is 5.72. The fraction of sp³-hybridized carbons (Fsp3) is 0.625. The summed E-state index contributed by atoms with van der Waals surface area (Å²) >= 11 is 2.27. The van der Waals surface area contributed by atoms with Crippen LogP contribution in [-0.2, 0) is 0 Å². The van der Waals surface area contributed by atoms with E-state index in [0.717, 1.165) is 41.7 Å². The molecule has 0 aromatic heterocycles. The van der Waals surface area contributed by atoms with Crippen LogP contribution in [0.5, 0.6) is 0 Å². The molecule has 112 valence electrons. The second kappa shape index (κ2) is 8.29. The second-order valence-corrected chi connectivity index (χ2v) is 6.71. The highest BCUT2D eigenvalue weighted by atomic mass is 127. The summed E-state index contributed by atoms with van der Waals surface area (Å²) in [4.78, 5) is 2.45. The third-order valence-electron chi connectivity index (χ3n) is 3.99. The minimum Gasteiger partial charge on any atom is -0.314 e. The Labute approximate surface area is 135 Å². The van der Waals surface area contributed by atoms with E-state index in [1.165, 1.54) is 19.3 Å². The molecule has 0 aliphatic carbocycles. The second-order valence-electron chi connectivity index (χ2n) is 5.46. The molecule has 1 aliphatic heterocycles. The van der Waals surface area contributed by atoms with E-state index >= 15 is 0 Å². The number of piperazine rings is 1. The van der Waals surface area contributed by atoms with Gasteiger partial charge in [0, 0.05) is 41.4 Å². The summed E-state index contributed by atoms with van der Waals surface area (Å²) in [7, 11) is 0. The summed E-state index contributed by atoms with van der Waals surface area (Å²) in [6.07, 6.45) is 4.68. The van der Waals surface area contributed by atoms with Crippen molar-refractivity contribution in [3.63, 3.8) is 0 Å². The number of nitrogens with one attached hydrogen (secondary N) is 1. The monoisotopic (exact) mass is 390 g/mol. The Balaban J connectivity index is 2.17. The standard InChI is InChI=1S/C16H24FIN2/c1-2-3-4-5-16(20-10-8-19-9-11-20)14-12-13(18)6-7-15(14)17/h6-7,12,16,19H,2-5,8-11H2,1H3/t16-/m0/s1. The van der Waals surface area contributed by atoms with Gasteiger partial charge in [-0.15, -0.1) is 0 Å². The Morgan fingerprint density at radius 1 is 1.30 bits per heavy atom. The van der Waals surface area contributed by atoms with Gasteiger partial charge in [0.2, 0.25) is 0 Å². The number of hydrogen-bond donors (Lipinski definition) is 1. The summed E-state index contributed by atoms with van der Waals surface area (Å²) in [5, 5.41) is 3.38. The van der Waals surface area contributed by atoms with Crippen LogP contribution < -0.4 is 5.32 Å². The number of unbranched alkanes of at least 4 members (excludes halogenated alkanes) is 2. The zero-order valence-electron chi connectivity index (χ0n) is 12.2. The van der Waals surface area contributed by atoms with Gasteiger partial charge < -0.3 is 5.32 Å². The quantitative estimate of drug-likeness (QED) is 0.585. The molecule has 1 aromatic rings. The number of benzene rings is 1. The van der Waals surface area contributed by atoms with Gasteiger partial charge in [0.05, 0.1) is 0 Å². The zero-order chi connectivity index (χ0) is 14.4. The Morgan fingerprint density at radius 3 is 2.75 bits per heavy atom. The molecule has 0 amide bonds. The first-order valence-electron chi connectivity index (χ1n) is 7.62. The van der Waals surface area contributed by atoms with E-state index in [4.69, 9.17) is 0 Å². The minimum atomic E-state index is -0.0505. The molecule has 1 atom stereocenters. The van der Waals surface area contributed by atoms with Crippen LogP contribution in [0.4, 0.5) is 4.39 Å². The first kappa shape index (κ1) is 16.2. The smallest absolute Gasteiger partial charge is 0.128 e. The fourth-order valence-electron chi connectivity index (χ4n) is 2.89. The highest BCUT2D eigenvalue weighted by Gasteiger charge is 2.24. The molecule has 4 heteroatoms. The molecule has 0 spiro atoms. The third kappa shape index (κ3) is 4.40. The van der Waals surface area contributed by atoms with Crippen LogP contribution in [0.1, 0.15) is 44.2 Å². The molecule has 0 unspecified atom stereocenters. The maximum Gasteiger partial charge on any atom is 0.128 e. The first-order chi connectivity index (χ1) is 9.72. The van der Waals surface area contributed by atoms with Crippen molar-refractivity contribution in [2.45, 2.75) is 38.6 Å². The van der Waals surface area contributed by atoms with Crippen molar-refractivity contribution in [2.24, 2.45) is 0 Å². The Kier molecular flexibility index (Phi) is 6.71. The van der Waals surface area contributed by atoms with E-state index in [2.05, 4.69) is 39.7 Å². The number of rotatable bonds is 6. The van der Waals surface area contributed by atoms with Crippen LogP contribution >= 0.6 is 22.6 Å². The molecule has 1 fully saturated rings.